The molecule has 0 radical (unpaired) electrons. The average molecular weight is 1030 g/mol. The molecular formula is C68H114O6. The van der Waals surface area contributed by atoms with Crippen molar-refractivity contribution in [2.45, 2.75) is 290 Å². The molecule has 74 heavy (non-hydrogen) atoms. The van der Waals surface area contributed by atoms with Crippen molar-refractivity contribution < 1.29 is 28.6 Å². The van der Waals surface area contributed by atoms with Gasteiger partial charge in [0, 0.05) is 19.3 Å². The summed E-state index contributed by atoms with van der Waals surface area (Å²) in [5, 5.41) is 0. The Morgan fingerprint density at radius 3 is 0.838 bits per heavy atom. The molecule has 0 aliphatic heterocycles. The molecule has 6 heteroatoms. The highest BCUT2D eigenvalue weighted by atomic mass is 16.6. The summed E-state index contributed by atoms with van der Waals surface area (Å²) in [5.41, 5.74) is 0. The Balaban J connectivity index is 4.18. The van der Waals surface area contributed by atoms with Crippen LogP contribution in [0.3, 0.4) is 0 Å². The quantitative estimate of drug-likeness (QED) is 0.0261. The van der Waals surface area contributed by atoms with E-state index in [-0.39, 0.29) is 31.1 Å². The van der Waals surface area contributed by atoms with Gasteiger partial charge < -0.3 is 14.2 Å². The van der Waals surface area contributed by atoms with Gasteiger partial charge in [-0.05, 0) is 109 Å². The lowest BCUT2D eigenvalue weighted by Crippen LogP contribution is -2.30. The summed E-state index contributed by atoms with van der Waals surface area (Å²) in [5.74, 6) is -0.899. The number of allylic oxidation sites excluding steroid dienone is 18. The molecule has 1 unspecified atom stereocenters. The van der Waals surface area contributed by atoms with Gasteiger partial charge in [0.05, 0.1) is 0 Å². The topological polar surface area (TPSA) is 78.9 Å². The molecule has 0 aromatic carbocycles. The molecule has 0 amide bonds. The van der Waals surface area contributed by atoms with Crippen LogP contribution in [-0.4, -0.2) is 37.2 Å². The Hall–Kier alpha value is -3.93. The Kier molecular flexibility index (Phi) is 58.3. The summed E-state index contributed by atoms with van der Waals surface area (Å²) in [7, 11) is 0. The van der Waals surface area contributed by atoms with E-state index < -0.39 is 6.10 Å². The van der Waals surface area contributed by atoms with Crippen LogP contribution in [0.4, 0.5) is 0 Å². The van der Waals surface area contributed by atoms with Gasteiger partial charge in [-0.15, -0.1) is 0 Å². The zero-order valence-electron chi connectivity index (χ0n) is 48.3. The van der Waals surface area contributed by atoms with Crippen molar-refractivity contribution in [2.24, 2.45) is 0 Å². The van der Waals surface area contributed by atoms with E-state index in [0.717, 1.165) is 128 Å². The van der Waals surface area contributed by atoms with E-state index in [1.54, 1.807) is 0 Å². The number of rotatable bonds is 55. The molecule has 6 nitrogen and oxygen atoms in total. The molecule has 422 valence electrons. The molecule has 0 N–H and O–H groups in total. The van der Waals surface area contributed by atoms with Crippen LogP contribution in [-0.2, 0) is 28.6 Å². The van der Waals surface area contributed by atoms with Gasteiger partial charge in [0.25, 0.3) is 0 Å². The van der Waals surface area contributed by atoms with E-state index >= 15 is 0 Å². The molecule has 1 atom stereocenters. The molecule has 0 fully saturated rings. The fraction of sp³-hybridized carbons (Fsp3) is 0.691. The monoisotopic (exact) mass is 1030 g/mol. The maximum Gasteiger partial charge on any atom is 0.306 e. The highest BCUT2D eigenvalue weighted by Crippen LogP contribution is 2.15. The maximum atomic E-state index is 12.8. The summed E-state index contributed by atoms with van der Waals surface area (Å²) < 4.78 is 16.8. The number of ether oxygens (including phenoxy) is 3. The lowest BCUT2D eigenvalue weighted by Gasteiger charge is -2.18. The third-order valence-corrected chi connectivity index (χ3v) is 13.0. The fourth-order valence-electron chi connectivity index (χ4n) is 8.39. The number of esters is 3. The molecule has 0 aliphatic rings. The van der Waals surface area contributed by atoms with Crippen LogP contribution in [0, 0.1) is 0 Å². The van der Waals surface area contributed by atoms with Crippen molar-refractivity contribution in [1.29, 1.82) is 0 Å². The van der Waals surface area contributed by atoms with Crippen molar-refractivity contribution in [2.75, 3.05) is 13.2 Å². The Bertz CT molecular complexity index is 1510. The van der Waals surface area contributed by atoms with Gasteiger partial charge in [-0.3, -0.25) is 14.4 Å². The van der Waals surface area contributed by atoms with Crippen LogP contribution in [0.5, 0.6) is 0 Å². The van der Waals surface area contributed by atoms with Gasteiger partial charge in [-0.25, -0.2) is 0 Å². The lowest BCUT2D eigenvalue weighted by molar-refractivity contribution is -0.167. The second kappa shape index (κ2) is 61.6. The van der Waals surface area contributed by atoms with Crippen molar-refractivity contribution in [3.63, 3.8) is 0 Å². The molecule has 0 spiro atoms. The SMILES string of the molecule is CC/C=C\C/C=C\C/C=C\C/C=C\C/C=C\C/C=C\C/C=C\C/C=C\CCCCCCCCCCC(=O)OCC(COC(=O)CCCCCCCCCCC)OC(=O)CCCCCCC/C=C\CCCCCCC. The number of unbranched alkanes of at least 4 members (excludes halogenated alkanes) is 26. The van der Waals surface area contributed by atoms with Gasteiger partial charge in [0.2, 0.25) is 0 Å². The van der Waals surface area contributed by atoms with E-state index in [9.17, 15) is 14.4 Å². The molecule has 0 rings (SSSR count). The summed E-state index contributed by atoms with van der Waals surface area (Å²) >= 11 is 0. The maximum absolute atomic E-state index is 12.8. The Labute approximate surface area is 457 Å². The van der Waals surface area contributed by atoms with Gasteiger partial charge in [-0.1, -0.05) is 265 Å². The third-order valence-electron chi connectivity index (χ3n) is 13.0. The minimum atomic E-state index is -0.783. The zero-order valence-corrected chi connectivity index (χ0v) is 48.3. The van der Waals surface area contributed by atoms with Crippen molar-refractivity contribution in [3.05, 3.63) is 109 Å². The minimum absolute atomic E-state index is 0.0819. The normalized spacial score (nSPS) is 12.9. The van der Waals surface area contributed by atoms with Crippen molar-refractivity contribution in [1.82, 2.24) is 0 Å². The number of hydrogen-bond acceptors (Lipinski definition) is 6. The smallest absolute Gasteiger partial charge is 0.306 e. The van der Waals surface area contributed by atoms with Gasteiger partial charge in [0.15, 0.2) is 6.10 Å². The molecule has 0 aromatic rings. The predicted octanol–water partition coefficient (Wildman–Crippen LogP) is 21.0. The van der Waals surface area contributed by atoms with E-state index in [4.69, 9.17) is 14.2 Å². The van der Waals surface area contributed by atoms with E-state index in [1.165, 1.54) is 116 Å². The Morgan fingerprint density at radius 1 is 0.284 bits per heavy atom. The summed E-state index contributed by atoms with van der Waals surface area (Å²) in [6.07, 6.45) is 83.9. The van der Waals surface area contributed by atoms with Crippen molar-refractivity contribution >= 4 is 17.9 Å². The number of carbonyl (C=O) groups is 3. The number of carbonyl (C=O) groups excluding carboxylic acids is 3. The Morgan fingerprint density at radius 2 is 0.527 bits per heavy atom. The highest BCUT2D eigenvalue weighted by Gasteiger charge is 2.19. The highest BCUT2D eigenvalue weighted by molar-refractivity contribution is 5.71. The molecule has 0 saturated heterocycles. The number of hydrogen-bond donors (Lipinski definition) is 0. The molecule has 0 aromatic heterocycles. The van der Waals surface area contributed by atoms with E-state index in [0.29, 0.717) is 19.3 Å². The van der Waals surface area contributed by atoms with Gasteiger partial charge in [0.1, 0.15) is 13.2 Å². The molecule has 0 bridgehead atoms. The predicted molar refractivity (Wildman–Crippen MR) is 320 cm³/mol. The molecule has 0 heterocycles. The van der Waals surface area contributed by atoms with Crippen LogP contribution >= 0.6 is 0 Å². The first-order valence-corrected chi connectivity index (χ1v) is 30.9. The van der Waals surface area contributed by atoms with Gasteiger partial charge in [-0.2, -0.15) is 0 Å². The van der Waals surface area contributed by atoms with E-state index in [2.05, 4.69) is 130 Å². The van der Waals surface area contributed by atoms with Crippen LogP contribution < -0.4 is 0 Å². The van der Waals surface area contributed by atoms with E-state index in [1.807, 2.05) is 0 Å². The average Bonchev–Trinajstić information content (AvgIpc) is 3.40. The largest absolute Gasteiger partial charge is 0.462 e. The summed E-state index contributed by atoms with van der Waals surface area (Å²) in [6, 6.07) is 0. The summed E-state index contributed by atoms with van der Waals surface area (Å²) in [6.45, 7) is 6.49. The molecule has 0 aliphatic carbocycles. The lowest BCUT2D eigenvalue weighted by atomic mass is 10.1. The van der Waals surface area contributed by atoms with Crippen LogP contribution in [0.25, 0.3) is 0 Å². The first-order valence-electron chi connectivity index (χ1n) is 30.9. The minimum Gasteiger partial charge on any atom is -0.462 e. The summed E-state index contributed by atoms with van der Waals surface area (Å²) in [4.78, 5) is 38.1. The van der Waals surface area contributed by atoms with Crippen LogP contribution in [0.2, 0.25) is 0 Å². The first-order chi connectivity index (χ1) is 36.5. The second-order valence-electron chi connectivity index (χ2n) is 20.2. The standard InChI is InChI=1S/C68H114O6/c1-4-7-10-13-16-19-21-23-25-26-27-28-29-30-31-32-33-34-35-36-37-38-39-40-41-42-43-45-46-49-52-55-58-61-67(70)73-64-65(63-72-66(69)60-57-54-51-48-18-15-12-9-6-3)74-68(71)62-59-56-53-50-47-44-24-22-20-17-14-11-8-5-2/h7,10,16,19,22-25,27-28,30-31,33-34,36-37,39-40,65H,4-6,8-9,11-15,17-18,20-21,26,29,32,35,38,41-64H2,1-3H3/b10-7-,19-16-,24-22-,25-23-,28-27-,31-30-,34-33-,37-36-,40-39-. The molecule has 0 saturated carbocycles. The van der Waals surface area contributed by atoms with Crippen molar-refractivity contribution in [3.8, 4) is 0 Å². The zero-order chi connectivity index (χ0) is 53.6. The van der Waals surface area contributed by atoms with Crippen LogP contribution in [0.1, 0.15) is 284 Å². The van der Waals surface area contributed by atoms with Crippen LogP contribution in [0.15, 0.2) is 109 Å². The third kappa shape index (κ3) is 59.0. The second-order valence-corrected chi connectivity index (χ2v) is 20.2. The first kappa shape index (κ1) is 70.1. The molecular weight excluding hydrogens is 913 g/mol. The van der Waals surface area contributed by atoms with Gasteiger partial charge >= 0.3 is 17.9 Å². The fourth-order valence-corrected chi connectivity index (χ4v) is 8.39.